The number of rotatable bonds is 4. The lowest BCUT2D eigenvalue weighted by Gasteiger charge is -2.24. The molecule has 3 rings (SSSR count). The number of amides is 4. The first-order valence-electron chi connectivity index (χ1n) is 7.71. The van der Waals surface area contributed by atoms with Gasteiger partial charge in [-0.15, -0.1) is 0 Å². The van der Waals surface area contributed by atoms with Gasteiger partial charge in [0.05, 0.1) is 4.90 Å². The molecule has 0 unspecified atom stereocenters. The Morgan fingerprint density at radius 3 is 2.19 bits per heavy atom. The lowest BCUT2D eigenvalue weighted by molar-refractivity contribution is -0.136. The van der Waals surface area contributed by atoms with Gasteiger partial charge in [-0.3, -0.25) is 9.59 Å². The van der Waals surface area contributed by atoms with Gasteiger partial charge in [-0.1, -0.05) is 17.7 Å². The Labute approximate surface area is 153 Å². The summed E-state index contributed by atoms with van der Waals surface area (Å²) in [5.74, 6) is -2.14. The number of nitrogens with zero attached hydrogens (tertiary/aromatic N) is 2. The third kappa shape index (κ3) is 3.07. The van der Waals surface area contributed by atoms with Crippen LogP contribution in [0.5, 0.6) is 0 Å². The van der Waals surface area contributed by atoms with Crippen molar-refractivity contribution < 1.29 is 37.1 Å². The van der Waals surface area contributed by atoms with Crippen LogP contribution in [0.3, 0.4) is 0 Å². The van der Waals surface area contributed by atoms with Crippen LogP contribution in [-0.4, -0.2) is 66.9 Å². The van der Waals surface area contributed by atoms with Gasteiger partial charge in [0.15, 0.2) is 12.1 Å². The molecular formula is C15H15N3O8S. The molecule has 2 aliphatic heterocycles. The molecule has 0 aromatic heterocycles. The Kier molecular flexibility index (Phi) is 4.51. The van der Waals surface area contributed by atoms with Crippen molar-refractivity contribution in [2.24, 2.45) is 5.73 Å². The number of primary amides is 1. The molecule has 0 radical (unpaired) electrons. The van der Waals surface area contributed by atoms with Crippen LogP contribution in [0.1, 0.15) is 5.56 Å². The highest BCUT2D eigenvalue weighted by molar-refractivity contribution is 7.89. The van der Waals surface area contributed by atoms with Crippen LogP contribution in [0.2, 0.25) is 0 Å². The predicted octanol–water partition coefficient (Wildman–Crippen LogP) is -0.663. The summed E-state index contributed by atoms with van der Waals surface area (Å²) in [5, 5.41) is 0. The second-order valence-electron chi connectivity index (χ2n) is 5.91. The number of carbonyl (C=O) groups is 4. The van der Waals surface area contributed by atoms with Gasteiger partial charge < -0.3 is 15.2 Å². The summed E-state index contributed by atoms with van der Waals surface area (Å²) in [6.07, 6.45) is -2.42. The van der Waals surface area contributed by atoms with E-state index in [9.17, 15) is 27.6 Å². The quantitative estimate of drug-likeness (QED) is 0.702. The van der Waals surface area contributed by atoms with Crippen LogP contribution >= 0.6 is 0 Å². The molecule has 2 fully saturated rings. The summed E-state index contributed by atoms with van der Waals surface area (Å²) in [7, 11) is -4.44. The molecule has 4 amide bonds. The van der Waals surface area contributed by atoms with Crippen LogP contribution in [-0.2, 0) is 29.1 Å². The van der Waals surface area contributed by atoms with Crippen LogP contribution < -0.4 is 5.73 Å². The number of nitrogens with two attached hydrogens (primary N) is 1. The van der Waals surface area contributed by atoms with E-state index in [0.717, 1.165) is 5.56 Å². The highest BCUT2D eigenvalue weighted by Crippen LogP contribution is 2.27. The minimum atomic E-state index is -4.44. The fraction of sp³-hybridized carbons (Fsp3) is 0.333. The monoisotopic (exact) mass is 397 g/mol. The maximum atomic E-state index is 12.8. The van der Waals surface area contributed by atoms with Crippen LogP contribution in [0, 0.1) is 6.92 Å². The van der Waals surface area contributed by atoms with E-state index in [-0.39, 0.29) is 9.20 Å². The van der Waals surface area contributed by atoms with Crippen LogP contribution in [0.25, 0.3) is 0 Å². The molecule has 2 N–H and O–H groups in total. The molecule has 27 heavy (non-hydrogen) atoms. The number of imide groups is 1. The number of carbonyl (C=O) groups excluding carboxylic acids is 4. The Balaban J connectivity index is 1.97. The van der Waals surface area contributed by atoms with E-state index in [0.29, 0.717) is 4.90 Å². The summed E-state index contributed by atoms with van der Waals surface area (Å²) < 4.78 is 35.3. The van der Waals surface area contributed by atoms with Crippen LogP contribution in [0.4, 0.5) is 9.59 Å². The van der Waals surface area contributed by atoms with Gasteiger partial charge in [0.2, 0.25) is 5.91 Å². The Morgan fingerprint density at radius 1 is 1.04 bits per heavy atom. The van der Waals surface area contributed by atoms with E-state index in [1.165, 1.54) is 24.3 Å². The lowest BCUT2D eigenvalue weighted by atomic mass is 10.2. The van der Waals surface area contributed by atoms with Gasteiger partial charge in [-0.05, 0) is 19.1 Å². The van der Waals surface area contributed by atoms with Crippen LogP contribution in [0.15, 0.2) is 29.2 Å². The van der Waals surface area contributed by atoms with Crippen molar-refractivity contribution in [1.82, 2.24) is 9.21 Å². The number of benzene rings is 1. The van der Waals surface area contributed by atoms with Gasteiger partial charge in [0.1, 0.15) is 13.2 Å². The molecule has 12 heteroatoms. The third-order valence-electron chi connectivity index (χ3n) is 4.13. The normalized spacial score (nSPS) is 22.6. The molecule has 0 bridgehead atoms. The number of hydrogen-bond donors (Lipinski definition) is 1. The summed E-state index contributed by atoms with van der Waals surface area (Å²) >= 11 is 0. The molecule has 11 nitrogen and oxygen atoms in total. The number of ether oxygens (including phenoxy) is 2. The molecule has 0 spiro atoms. The van der Waals surface area contributed by atoms with Gasteiger partial charge in [-0.25, -0.2) is 22.9 Å². The molecule has 2 atom stereocenters. The molecule has 0 saturated carbocycles. The van der Waals surface area contributed by atoms with E-state index in [2.05, 4.69) is 4.74 Å². The van der Waals surface area contributed by atoms with Crippen molar-refractivity contribution >= 4 is 34.0 Å². The van der Waals surface area contributed by atoms with Crippen molar-refractivity contribution in [3.05, 3.63) is 29.8 Å². The standard InChI is InChI=1S/C15H15N3O8S/c1-8-2-4-9(5-3-8)27(23,24)18-11(7-26-15(18)22)13(20)17-10(12(16)19)6-25-14(17)21/h2-5,10-11H,6-7H2,1H3,(H2,16,19)/t10-,11-/m0/s1. The number of sulfonamides is 1. The zero-order chi connectivity index (χ0) is 19.9. The maximum Gasteiger partial charge on any atom is 0.424 e. The summed E-state index contributed by atoms with van der Waals surface area (Å²) in [4.78, 5) is 48.2. The lowest BCUT2D eigenvalue weighted by Crippen LogP contribution is -2.55. The number of cyclic esters (lactones) is 2. The second kappa shape index (κ2) is 6.54. The smallest absolute Gasteiger partial charge is 0.424 e. The fourth-order valence-electron chi connectivity index (χ4n) is 2.70. The van der Waals surface area contributed by atoms with Crippen molar-refractivity contribution in [3.63, 3.8) is 0 Å². The van der Waals surface area contributed by atoms with Gasteiger partial charge >= 0.3 is 12.2 Å². The molecule has 2 aliphatic rings. The van der Waals surface area contributed by atoms with E-state index >= 15 is 0 Å². The SMILES string of the molecule is Cc1ccc(S(=O)(=O)N2C(=O)OC[C@H]2C(=O)N2C(=O)OC[C@H]2C(N)=O)cc1. The van der Waals surface area contributed by atoms with Crippen molar-refractivity contribution in [2.45, 2.75) is 23.9 Å². The molecule has 2 saturated heterocycles. The maximum absolute atomic E-state index is 12.8. The van der Waals surface area contributed by atoms with E-state index in [4.69, 9.17) is 10.5 Å². The summed E-state index contributed by atoms with van der Waals surface area (Å²) in [6.45, 7) is 0.681. The minimum Gasteiger partial charge on any atom is -0.446 e. The highest BCUT2D eigenvalue weighted by Gasteiger charge is 2.52. The molecule has 1 aromatic carbocycles. The summed E-state index contributed by atoms with van der Waals surface area (Å²) in [5.41, 5.74) is 5.93. The average molecular weight is 397 g/mol. The Morgan fingerprint density at radius 2 is 1.59 bits per heavy atom. The first-order valence-corrected chi connectivity index (χ1v) is 9.15. The minimum absolute atomic E-state index is 0.236. The Bertz CT molecular complexity index is 927. The van der Waals surface area contributed by atoms with Crippen molar-refractivity contribution in [2.75, 3.05) is 13.2 Å². The van der Waals surface area contributed by atoms with Crippen molar-refractivity contribution in [1.29, 1.82) is 0 Å². The molecule has 2 heterocycles. The van der Waals surface area contributed by atoms with E-state index < -0.39 is 59.3 Å². The number of hydrogen-bond acceptors (Lipinski definition) is 8. The first-order chi connectivity index (χ1) is 12.6. The molecule has 0 aliphatic carbocycles. The van der Waals surface area contributed by atoms with E-state index in [1.807, 2.05) is 0 Å². The van der Waals surface area contributed by atoms with Gasteiger partial charge in [-0.2, -0.15) is 4.31 Å². The Hall–Kier alpha value is -3.15. The largest absolute Gasteiger partial charge is 0.446 e. The second-order valence-corrected chi connectivity index (χ2v) is 7.72. The van der Waals surface area contributed by atoms with Crippen molar-refractivity contribution in [3.8, 4) is 0 Å². The van der Waals surface area contributed by atoms with Gasteiger partial charge in [0.25, 0.3) is 15.9 Å². The summed E-state index contributed by atoms with van der Waals surface area (Å²) in [6, 6.07) is 2.52. The zero-order valence-electron chi connectivity index (χ0n) is 14.0. The average Bonchev–Trinajstić information content (AvgIpc) is 3.18. The fourth-order valence-corrected chi connectivity index (χ4v) is 4.15. The first kappa shape index (κ1) is 18.6. The zero-order valence-corrected chi connectivity index (χ0v) is 14.8. The molecule has 1 aromatic rings. The molecular weight excluding hydrogens is 382 g/mol. The topological polar surface area (TPSA) is 153 Å². The van der Waals surface area contributed by atoms with E-state index in [1.54, 1.807) is 6.92 Å². The molecule has 144 valence electrons. The predicted molar refractivity (Wildman–Crippen MR) is 86.5 cm³/mol. The third-order valence-corrected chi connectivity index (χ3v) is 5.92. The highest BCUT2D eigenvalue weighted by atomic mass is 32.2. The number of aryl methyl sites for hydroxylation is 1. The van der Waals surface area contributed by atoms with Gasteiger partial charge in [0, 0.05) is 0 Å².